The fraction of sp³-hybridized carbons (Fsp3) is 0.339. The van der Waals surface area contributed by atoms with E-state index in [-0.39, 0.29) is 44.3 Å². The molecule has 6 unspecified atom stereocenters. The lowest BCUT2D eigenvalue weighted by molar-refractivity contribution is -0.135. The summed E-state index contributed by atoms with van der Waals surface area (Å²) in [5.74, 6) is -5.88. The van der Waals surface area contributed by atoms with E-state index in [2.05, 4.69) is 57.2 Å². The molecule has 0 saturated carbocycles. The molecule has 23 heteroatoms. The number of amides is 8. The number of fused-ring (bicyclic) bond motifs is 2. The largest absolute Gasteiger partial charge is 0.508 e. The predicted octanol–water partition coefficient (Wildman–Crippen LogP) is 1.27. The number of phenols is 1. The molecule has 0 spiro atoms. The summed E-state index contributed by atoms with van der Waals surface area (Å²) in [7, 11) is 0. The van der Waals surface area contributed by atoms with Crippen molar-refractivity contribution in [2.45, 2.75) is 120 Å². The molecule has 4 aromatic carbocycles. The van der Waals surface area contributed by atoms with Crippen LogP contribution in [0, 0.1) is 6.92 Å². The van der Waals surface area contributed by atoms with E-state index in [0.717, 1.165) is 21.8 Å². The number of hydrogen-bond donors (Lipinski definition) is 14. The molecule has 8 amide bonds. The van der Waals surface area contributed by atoms with Crippen LogP contribution in [0.5, 0.6) is 5.75 Å². The molecule has 17 N–H and O–H groups in total. The third kappa shape index (κ3) is 16.6. The second-order valence-electron chi connectivity index (χ2n) is 20.4. The number of carbonyl (C=O) groups excluding carboxylic acids is 8. The summed E-state index contributed by atoms with van der Waals surface area (Å²) in [5.41, 5.74) is 23.0. The number of H-pyrrole nitrogens is 3. The predicted molar refractivity (Wildman–Crippen MR) is 308 cm³/mol. The zero-order chi connectivity index (χ0) is 58.9. The van der Waals surface area contributed by atoms with Gasteiger partial charge in [0.15, 0.2) is 0 Å². The molecule has 0 fully saturated rings. The maximum Gasteiger partial charge on any atom is 0.243 e. The zero-order valence-corrected chi connectivity index (χ0v) is 45.9. The van der Waals surface area contributed by atoms with Crippen LogP contribution in [0.2, 0.25) is 0 Å². The van der Waals surface area contributed by atoms with Crippen molar-refractivity contribution in [2.75, 3.05) is 6.54 Å². The Bertz CT molecular complexity index is 3330. The molecule has 0 radical (unpaired) electrons. The highest BCUT2D eigenvalue weighted by molar-refractivity contribution is 5.99. The number of phenolic OH excluding ortho intramolecular Hbond substituents is 1. The summed E-state index contributed by atoms with van der Waals surface area (Å²) in [5, 5.41) is 30.4. The Morgan fingerprint density at radius 2 is 1.07 bits per heavy atom. The number of imidazole rings is 1. The topological polar surface area (TPSA) is 379 Å². The molecule has 3 heterocycles. The number of carbonyl (C=O) groups is 8. The zero-order valence-electron chi connectivity index (χ0n) is 45.9. The van der Waals surface area contributed by atoms with E-state index in [1.54, 1.807) is 48.7 Å². The van der Waals surface area contributed by atoms with Crippen molar-refractivity contribution in [3.8, 4) is 5.75 Å². The van der Waals surface area contributed by atoms with E-state index < -0.39 is 95.6 Å². The van der Waals surface area contributed by atoms with Gasteiger partial charge < -0.3 is 74.5 Å². The number of nitrogens with zero attached hydrogens (tertiary/aromatic N) is 1. The van der Waals surface area contributed by atoms with Gasteiger partial charge in [-0.05, 0) is 99.5 Å². The van der Waals surface area contributed by atoms with Gasteiger partial charge in [-0.2, -0.15) is 0 Å². The first kappa shape index (κ1) is 60.3. The number of aromatic nitrogens is 4. The lowest BCUT2D eigenvalue weighted by Gasteiger charge is -2.27. The SMILES string of the molecule is Cc1[nH]c2ccccc2c1C[C@@H](NC(=O)C(Cc1cnc[nH]1)NC(=O)C(C)NC(=O)C(N)Cc1ccc(O)cc1)C(=O)NC(C)C(=O)NC(Cc1c[nH]c2ccccc12)C(=O)N[C@H](Cc1ccccc1)C(=O)NC(CCCCN)C(N)=O. The second kappa shape index (κ2) is 28.7. The quantitative estimate of drug-likeness (QED) is 0.0295. The fourth-order valence-electron chi connectivity index (χ4n) is 9.56. The van der Waals surface area contributed by atoms with Gasteiger partial charge in [0, 0.05) is 71.3 Å². The van der Waals surface area contributed by atoms with Crippen LogP contribution >= 0.6 is 0 Å². The van der Waals surface area contributed by atoms with Crippen LogP contribution in [0.1, 0.15) is 66.8 Å². The first-order valence-electron chi connectivity index (χ1n) is 27.1. The summed E-state index contributed by atoms with van der Waals surface area (Å²) in [6.45, 7) is 5.04. The van der Waals surface area contributed by atoms with E-state index >= 15 is 0 Å². The number of aromatic amines is 3. The Balaban J connectivity index is 1.11. The van der Waals surface area contributed by atoms with Gasteiger partial charge in [-0.1, -0.05) is 78.9 Å². The van der Waals surface area contributed by atoms with Crippen molar-refractivity contribution < 1.29 is 43.5 Å². The molecular formula is C59H72N14O9. The van der Waals surface area contributed by atoms with Crippen LogP contribution < -0.4 is 54.4 Å². The highest BCUT2D eigenvalue weighted by Gasteiger charge is 2.34. The minimum absolute atomic E-state index is 0.00958. The van der Waals surface area contributed by atoms with Crippen molar-refractivity contribution in [2.24, 2.45) is 17.2 Å². The molecule has 0 bridgehead atoms. The molecule has 7 rings (SSSR count). The van der Waals surface area contributed by atoms with Crippen LogP contribution in [0.25, 0.3) is 21.8 Å². The van der Waals surface area contributed by atoms with Crippen LogP contribution in [0.3, 0.4) is 0 Å². The van der Waals surface area contributed by atoms with Crippen molar-refractivity contribution in [3.63, 3.8) is 0 Å². The smallest absolute Gasteiger partial charge is 0.243 e. The number of hydrogen-bond acceptors (Lipinski definition) is 12. The summed E-state index contributed by atoms with van der Waals surface area (Å²) >= 11 is 0. The maximum absolute atomic E-state index is 14.7. The number of primary amides is 1. The molecule has 0 aliphatic carbocycles. The van der Waals surface area contributed by atoms with Gasteiger partial charge >= 0.3 is 0 Å². The standard InChI is InChI=1S/C59H72N14O9/c1-33-43(42-16-8-10-18-46(42)66-33)29-51(73-59(82)50(28-39-31-63-32-65-39)71-53(76)34(2)67-55(78)44(61)25-37-20-22-40(74)23-21-37)56(79)68-35(3)54(77)70-49(27-38-30-64-45-17-9-7-15-41(38)45)58(81)72-48(26-36-13-5-4-6-14-36)57(80)69-47(52(62)75)19-11-12-24-60/h4-10,13-18,20-23,30-32,34-35,44,47-51,64,66,74H,11-12,19,24-29,60-61H2,1-3H3,(H2,62,75)(H,63,65)(H,67,78)(H,68,79)(H,69,80)(H,70,77)(H,71,76)(H,72,81)(H,73,82)/t34?,35?,44?,47?,48-,49?,50?,51-/m1/s1. The van der Waals surface area contributed by atoms with Gasteiger partial charge in [-0.3, -0.25) is 38.4 Å². The monoisotopic (exact) mass is 1120 g/mol. The Morgan fingerprint density at radius 3 is 1.70 bits per heavy atom. The number of nitrogens with one attached hydrogen (secondary N) is 10. The highest BCUT2D eigenvalue weighted by atomic mass is 16.3. The summed E-state index contributed by atoms with van der Waals surface area (Å²) < 4.78 is 0. The Morgan fingerprint density at radius 1 is 0.549 bits per heavy atom. The first-order valence-corrected chi connectivity index (χ1v) is 27.1. The number of benzene rings is 4. The molecule has 82 heavy (non-hydrogen) atoms. The van der Waals surface area contributed by atoms with E-state index in [1.807, 2.05) is 55.5 Å². The van der Waals surface area contributed by atoms with E-state index in [9.17, 15) is 43.5 Å². The van der Waals surface area contributed by atoms with Gasteiger partial charge in [0.1, 0.15) is 48.0 Å². The van der Waals surface area contributed by atoms with Gasteiger partial charge in [0.25, 0.3) is 0 Å². The molecular weight excluding hydrogens is 1050 g/mol. The Hall–Kier alpha value is -9.35. The van der Waals surface area contributed by atoms with Crippen LogP contribution in [-0.4, -0.2) is 127 Å². The minimum Gasteiger partial charge on any atom is -0.508 e. The average Bonchev–Trinajstić information content (AvgIpc) is 4.43. The number of para-hydroxylation sites is 2. The van der Waals surface area contributed by atoms with Crippen molar-refractivity contribution >= 4 is 69.1 Å². The van der Waals surface area contributed by atoms with E-state index in [0.29, 0.717) is 53.0 Å². The first-order chi connectivity index (χ1) is 39.4. The minimum atomic E-state index is -1.38. The molecule has 23 nitrogen and oxygen atoms in total. The van der Waals surface area contributed by atoms with E-state index in [4.69, 9.17) is 17.2 Å². The van der Waals surface area contributed by atoms with Crippen LogP contribution in [0.15, 0.2) is 122 Å². The van der Waals surface area contributed by atoms with E-state index in [1.165, 1.54) is 38.5 Å². The number of nitrogens with two attached hydrogens (primary N) is 3. The average molecular weight is 1120 g/mol. The molecule has 0 saturated heterocycles. The number of aryl methyl sites for hydroxylation is 1. The van der Waals surface area contributed by atoms with Crippen LogP contribution in [0.4, 0.5) is 0 Å². The summed E-state index contributed by atoms with van der Waals surface area (Å²) in [6.07, 6.45) is 5.76. The van der Waals surface area contributed by atoms with Gasteiger partial charge in [0.05, 0.1) is 12.4 Å². The third-order valence-electron chi connectivity index (χ3n) is 14.2. The molecule has 3 aromatic heterocycles. The number of rotatable bonds is 29. The number of aromatic hydroxyl groups is 1. The van der Waals surface area contributed by atoms with Gasteiger partial charge in [-0.25, -0.2) is 4.98 Å². The molecule has 0 aliphatic heterocycles. The molecule has 432 valence electrons. The lowest BCUT2D eigenvalue weighted by atomic mass is 10.0. The lowest BCUT2D eigenvalue weighted by Crippen LogP contribution is -2.60. The normalized spacial score (nSPS) is 14.2. The molecule has 8 atom stereocenters. The molecule has 7 aromatic rings. The molecule has 0 aliphatic rings. The number of unbranched alkanes of at least 4 members (excludes halogenated alkanes) is 1. The summed E-state index contributed by atoms with van der Waals surface area (Å²) in [4.78, 5) is 126. The Labute approximate surface area is 473 Å². The second-order valence-corrected chi connectivity index (χ2v) is 20.4. The fourth-order valence-corrected chi connectivity index (χ4v) is 9.56. The maximum atomic E-state index is 14.7. The third-order valence-corrected chi connectivity index (χ3v) is 14.2. The van der Waals surface area contributed by atoms with Crippen molar-refractivity contribution in [1.82, 2.24) is 57.2 Å². The van der Waals surface area contributed by atoms with Crippen molar-refractivity contribution in [3.05, 3.63) is 155 Å². The van der Waals surface area contributed by atoms with Gasteiger partial charge in [-0.15, -0.1) is 0 Å². The highest BCUT2D eigenvalue weighted by Crippen LogP contribution is 2.24. The Kier molecular flexibility index (Phi) is 21.1. The summed E-state index contributed by atoms with van der Waals surface area (Å²) in [6, 6.07) is 20.0. The van der Waals surface area contributed by atoms with Crippen molar-refractivity contribution in [1.29, 1.82) is 0 Å². The van der Waals surface area contributed by atoms with Gasteiger partial charge in [0.2, 0.25) is 47.3 Å². The van der Waals surface area contributed by atoms with Crippen LogP contribution in [-0.2, 0) is 70.5 Å².